The Labute approximate surface area is 144 Å². The predicted octanol–water partition coefficient (Wildman–Crippen LogP) is 2.97. The molecular formula is C17H14F4N4O. The average Bonchev–Trinajstić information content (AvgIpc) is 2.95. The van der Waals surface area contributed by atoms with Gasteiger partial charge in [0.2, 0.25) is 5.82 Å². The molecule has 4 rings (SSSR count). The number of hydrogen-bond donors (Lipinski definition) is 2. The van der Waals surface area contributed by atoms with E-state index in [0.29, 0.717) is 30.6 Å². The molecule has 0 fully saturated rings. The maximum absolute atomic E-state index is 13.3. The van der Waals surface area contributed by atoms with Crippen molar-refractivity contribution in [2.45, 2.75) is 25.7 Å². The maximum atomic E-state index is 13.3. The standard InChI is InChI=1S/C17H14F4N4O/c18-10-1-2-11-9(6-22-13(11)5-10)7-25-4-3-12-14(8-25)23-16(17(19,20)21)24-15(12)26/h1-2,5-6,22H,3-4,7-8H2,(H,23,24,26). The zero-order chi connectivity index (χ0) is 18.5. The van der Waals surface area contributed by atoms with Gasteiger partial charge in [-0.25, -0.2) is 9.37 Å². The number of halogens is 4. The van der Waals surface area contributed by atoms with E-state index in [1.54, 1.807) is 12.3 Å². The van der Waals surface area contributed by atoms with E-state index in [2.05, 4.69) is 9.97 Å². The minimum Gasteiger partial charge on any atom is -0.361 e. The third kappa shape index (κ3) is 2.98. The van der Waals surface area contributed by atoms with Crippen LogP contribution in [-0.2, 0) is 25.7 Å². The molecule has 0 unspecified atom stereocenters. The molecule has 1 aromatic carbocycles. The number of fused-ring (bicyclic) bond motifs is 2. The summed E-state index contributed by atoms with van der Waals surface area (Å²) in [6.45, 7) is 1.13. The number of hydrogen-bond acceptors (Lipinski definition) is 3. The van der Waals surface area contributed by atoms with Crippen LogP contribution in [0.25, 0.3) is 10.9 Å². The van der Waals surface area contributed by atoms with Crippen LogP contribution in [0.15, 0.2) is 29.2 Å². The zero-order valence-corrected chi connectivity index (χ0v) is 13.5. The van der Waals surface area contributed by atoms with Crippen molar-refractivity contribution in [3.8, 4) is 0 Å². The molecule has 3 aromatic rings. The van der Waals surface area contributed by atoms with Gasteiger partial charge in [-0.1, -0.05) is 0 Å². The minimum atomic E-state index is -4.70. The van der Waals surface area contributed by atoms with E-state index >= 15 is 0 Å². The number of nitrogens with one attached hydrogen (secondary N) is 2. The monoisotopic (exact) mass is 366 g/mol. The lowest BCUT2D eigenvalue weighted by Gasteiger charge is -2.27. The number of benzene rings is 1. The summed E-state index contributed by atoms with van der Waals surface area (Å²) in [4.78, 5) is 22.2. The molecule has 2 aromatic heterocycles. The molecule has 0 saturated carbocycles. The van der Waals surface area contributed by atoms with Crippen LogP contribution in [0.5, 0.6) is 0 Å². The van der Waals surface area contributed by atoms with E-state index in [1.807, 2.05) is 9.88 Å². The molecule has 1 aliphatic heterocycles. The summed E-state index contributed by atoms with van der Waals surface area (Å²) in [5.41, 5.74) is 1.29. The Hall–Kier alpha value is -2.68. The van der Waals surface area contributed by atoms with Crippen molar-refractivity contribution in [2.24, 2.45) is 0 Å². The molecular weight excluding hydrogens is 352 g/mol. The Bertz CT molecular complexity index is 1040. The van der Waals surface area contributed by atoms with E-state index in [1.165, 1.54) is 12.1 Å². The molecule has 0 amide bonds. The van der Waals surface area contributed by atoms with Crippen molar-refractivity contribution in [3.63, 3.8) is 0 Å². The van der Waals surface area contributed by atoms with E-state index < -0.39 is 17.6 Å². The van der Waals surface area contributed by atoms with Crippen molar-refractivity contribution < 1.29 is 17.6 Å². The summed E-state index contributed by atoms with van der Waals surface area (Å²) in [6, 6.07) is 4.42. The number of aromatic amines is 2. The smallest absolute Gasteiger partial charge is 0.361 e. The largest absolute Gasteiger partial charge is 0.449 e. The Kier molecular flexibility index (Phi) is 3.83. The highest BCUT2D eigenvalue weighted by Crippen LogP contribution is 2.27. The molecule has 9 heteroatoms. The Morgan fingerprint density at radius 2 is 2.08 bits per heavy atom. The summed E-state index contributed by atoms with van der Waals surface area (Å²) in [5.74, 6) is -1.62. The van der Waals surface area contributed by atoms with Crippen LogP contribution < -0.4 is 5.56 Å². The quantitative estimate of drug-likeness (QED) is 0.686. The fourth-order valence-electron chi connectivity index (χ4n) is 3.29. The number of H-pyrrole nitrogens is 2. The van der Waals surface area contributed by atoms with Gasteiger partial charge < -0.3 is 9.97 Å². The van der Waals surface area contributed by atoms with E-state index in [0.717, 1.165) is 10.9 Å². The van der Waals surface area contributed by atoms with Crippen LogP contribution in [0.3, 0.4) is 0 Å². The van der Waals surface area contributed by atoms with Gasteiger partial charge in [0.15, 0.2) is 0 Å². The molecule has 0 radical (unpaired) electrons. The fraction of sp³-hybridized carbons (Fsp3) is 0.294. The number of rotatable bonds is 2. The SMILES string of the molecule is O=c1[nH]c(C(F)(F)F)nc2c1CCN(Cc1c[nH]c3cc(F)ccc13)C2. The van der Waals surface area contributed by atoms with Crippen LogP contribution in [0.1, 0.15) is 22.6 Å². The topological polar surface area (TPSA) is 64.8 Å². The van der Waals surface area contributed by atoms with Crippen LogP contribution in [0.4, 0.5) is 17.6 Å². The van der Waals surface area contributed by atoms with Crippen molar-refractivity contribution >= 4 is 10.9 Å². The van der Waals surface area contributed by atoms with Crippen molar-refractivity contribution in [3.05, 3.63) is 63.2 Å². The van der Waals surface area contributed by atoms with Crippen molar-refractivity contribution in [2.75, 3.05) is 6.54 Å². The molecule has 26 heavy (non-hydrogen) atoms. The molecule has 2 N–H and O–H groups in total. The molecule has 1 aliphatic rings. The Balaban J connectivity index is 1.62. The maximum Gasteiger partial charge on any atom is 0.449 e. The van der Waals surface area contributed by atoms with Gasteiger partial charge in [0, 0.05) is 42.3 Å². The van der Waals surface area contributed by atoms with Crippen molar-refractivity contribution in [1.82, 2.24) is 19.9 Å². The molecule has 5 nitrogen and oxygen atoms in total. The van der Waals surface area contributed by atoms with Gasteiger partial charge in [0.05, 0.1) is 5.69 Å². The first-order chi connectivity index (χ1) is 12.3. The molecule has 3 heterocycles. The van der Waals surface area contributed by atoms with E-state index in [-0.39, 0.29) is 18.1 Å². The van der Waals surface area contributed by atoms with Gasteiger partial charge in [0.25, 0.3) is 5.56 Å². The molecule has 0 aliphatic carbocycles. The lowest BCUT2D eigenvalue weighted by molar-refractivity contribution is -0.145. The van der Waals surface area contributed by atoms with Gasteiger partial charge in [-0.3, -0.25) is 9.69 Å². The highest BCUT2D eigenvalue weighted by Gasteiger charge is 2.36. The highest BCUT2D eigenvalue weighted by atomic mass is 19.4. The van der Waals surface area contributed by atoms with Crippen LogP contribution in [-0.4, -0.2) is 26.4 Å². The fourth-order valence-corrected chi connectivity index (χ4v) is 3.29. The Morgan fingerprint density at radius 1 is 1.27 bits per heavy atom. The third-order valence-electron chi connectivity index (χ3n) is 4.54. The van der Waals surface area contributed by atoms with Crippen LogP contribution in [0.2, 0.25) is 0 Å². The van der Waals surface area contributed by atoms with E-state index in [4.69, 9.17) is 0 Å². The van der Waals surface area contributed by atoms with E-state index in [9.17, 15) is 22.4 Å². The highest BCUT2D eigenvalue weighted by molar-refractivity contribution is 5.83. The van der Waals surface area contributed by atoms with Gasteiger partial charge in [-0.05, 0) is 30.2 Å². The average molecular weight is 366 g/mol. The van der Waals surface area contributed by atoms with Gasteiger partial charge >= 0.3 is 6.18 Å². The lowest BCUT2D eigenvalue weighted by atomic mass is 10.1. The first-order valence-corrected chi connectivity index (χ1v) is 7.98. The predicted molar refractivity (Wildman–Crippen MR) is 85.9 cm³/mol. The summed E-state index contributed by atoms with van der Waals surface area (Å²) in [7, 11) is 0. The second-order valence-corrected chi connectivity index (χ2v) is 6.30. The van der Waals surface area contributed by atoms with Crippen molar-refractivity contribution in [1.29, 1.82) is 0 Å². The lowest BCUT2D eigenvalue weighted by Crippen LogP contribution is -2.36. The second kappa shape index (κ2) is 5.94. The third-order valence-corrected chi connectivity index (χ3v) is 4.54. The number of nitrogens with zero attached hydrogens (tertiary/aromatic N) is 2. The zero-order valence-electron chi connectivity index (χ0n) is 13.5. The molecule has 0 atom stereocenters. The normalized spacial score (nSPS) is 15.4. The first kappa shape index (κ1) is 16.8. The second-order valence-electron chi connectivity index (χ2n) is 6.30. The van der Waals surface area contributed by atoms with Crippen LogP contribution in [0, 0.1) is 5.82 Å². The number of alkyl halides is 3. The Morgan fingerprint density at radius 3 is 2.85 bits per heavy atom. The summed E-state index contributed by atoms with van der Waals surface area (Å²) >= 11 is 0. The summed E-state index contributed by atoms with van der Waals surface area (Å²) in [6.07, 6.45) is -2.61. The molecule has 0 spiro atoms. The number of aromatic nitrogens is 3. The first-order valence-electron chi connectivity index (χ1n) is 7.98. The summed E-state index contributed by atoms with van der Waals surface area (Å²) in [5, 5.41) is 0.854. The summed E-state index contributed by atoms with van der Waals surface area (Å²) < 4.78 is 51.9. The van der Waals surface area contributed by atoms with Gasteiger partial charge in [0.1, 0.15) is 5.82 Å². The minimum absolute atomic E-state index is 0.149. The van der Waals surface area contributed by atoms with Crippen LogP contribution >= 0.6 is 0 Å². The van der Waals surface area contributed by atoms with Gasteiger partial charge in [-0.2, -0.15) is 13.2 Å². The molecule has 0 bridgehead atoms. The molecule has 136 valence electrons. The molecule has 0 saturated heterocycles. The van der Waals surface area contributed by atoms with Gasteiger partial charge in [-0.15, -0.1) is 0 Å².